The molecule has 4 bridgehead atoms. The molecule has 7 rings (SSSR count). The van der Waals surface area contributed by atoms with Gasteiger partial charge in [-0.05, 0) is 116 Å². The minimum atomic E-state index is -0.319. The van der Waals surface area contributed by atoms with Gasteiger partial charge in [0.05, 0.1) is 29.7 Å². The highest BCUT2D eigenvalue weighted by Gasteiger charge is 2.51. The van der Waals surface area contributed by atoms with Gasteiger partial charge in [0, 0.05) is 5.56 Å². The average Bonchev–Trinajstić information content (AvgIpc) is 3.12. The first-order valence-corrected chi connectivity index (χ1v) is 13.8. The Bertz CT molecular complexity index is 1270. The van der Waals surface area contributed by atoms with Crippen LogP contribution in [0, 0.1) is 29.1 Å². The number of thioether (sulfide) groups is 1. The van der Waals surface area contributed by atoms with Gasteiger partial charge in [-0.3, -0.25) is 14.5 Å². The molecule has 1 saturated heterocycles. The maximum absolute atomic E-state index is 13.3. The summed E-state index contributed by atoms with van der Waals surface area (Å²) in [5.74, 6) is 2.96. The molecule has 5 nitrogen and oxygen atoms in total. The predicted molar refractivity (Wildman–Crippen MR) is 140 cm³/mol. The topological polar surface area (TPSA) is 70.4 Å². The van der Waals surface area contributed by atoms with Gasteiger partial charge in [0.15, 0.2) is 0 Å². The first-order chi connectivity index (χ1) is 17.5. The van der Waals surface area contributed by atoms with Crippen molar-refractivity contribution in [1.82, 2.24) is 4.90 Å². The summed E-state index contributed by atoms with van der Waals surface area (Å²) in [6.45, 7) is 2.58. The van der Waals surface area contributed by atoms with Gasteiger partial charge in [0.25, 0.3) is 11.1 Å². The monoisotopic (exact) mass is 498 g/mol. The number of imide groups is 1. The first kappa shape index (κ1) is 23.4. The van der Waals surface area contributed by atoms with E-state index in [0.29, 0.717) is 22.6 Å². The van der Waals surface area contributed by atoms with Crippen LogP contribution in [0.15, 0.2) is 47.4 Å². The number of amides is 2. The summed E-state index contributed by atoms with van der Waals surface area (Å²) in [4.78, 5) is 27.7. The second-order valence-corrected chi connectivity index (χ2v) is 11.9. The molecule has 1 aliphatic heterocycles. The van der Waals surface area contributed by atoms with Crippen LogP contribution in [0.1, 0.15) is 67.7 Å². The van der Waals surface area contributed by atoms with Gasteiger partial charge >= 0.3 is 0 Å². The number of carbonyl (C=O) groups excluding carboxylic acids is 2. The molecule has 0 spiro atoms. The van der Waals surface area contributed by atoms with Crippen molar-refractivity contribution in [2.45, 2.75) is 57.4 Å². The fourth-order valence-electron chi connectivity index (χ4n) is 7.46. The van der Waals surface area contributed by atoms with Gasteiger partial charge in [-0.2, -0.15) is 5.26 Å². The highest BCUT2D eigenvalue weighted by atomic mass is 32.2. The molecule has 2 amide bonds. The minimum absolute atomic E-state index is 0.0946. The zero-order chi connectivity index (χ0) is 24.9. The predicted octanol–water partition coefficient (Wildman–Crippen LogP) is 6.66. The van der Waals surface area contributed by atoms with Crippen molar-refractivity contribution in [3.63, 3.8) is 0 Å². The van der Waals surface area contributed by atoms with Crippen LogP contribution in [0.2, 0.25) is 0 Å². The zero-order valence-corrected chi connectivity index (χ0v) is 21.4. The Kier molecular flexibility index (Phi) is 5.92. The minimum Gasteiger partial charge on any atom is -0.493 e. The fraction of sp³-hybridized carbons (Fsp3) is 0.433. The van der Waals surface area contributed by atoms with Crippen LogP contribution in [0.25, 0.3) is 6.08 Å². The van der Waals surface area contributed by atoms with E-state index >= 15 is 0 Å². The first-order valence-electron chi connectivity index (χ1n) is 13.0. The maximum Gasteiger partial charge on any atom is 0.293 e. The van der Waals surface area contributed by atoms with Gasteiger partial charge < -0.3 is 4.74 Å². The van der Waals surface area contributed by atoms with Crippen molar-refractivity contribution < 1.29 is 14.3 Å². The van der Waals surface area contributed by atoms with Crippen LogP contribution in [0.5, 0.6) is 5.75 Å². The lowest BCUT2D eigenvalue weighted by Gasteiger charge is -2.57. The number of ether oxygens (including phenoxy) is 1. The number of carbonyl (C=O) groups is 2. The summed E-state index contributed by atoms with van der Waals surface area (Å²) < 4.78 is 5.94. The van der Waals surface area contributed by atoms with E-state index in [-0.39, 0.29) is 23.1 Å². The van der Waals surface area contributed by atoms with Crippen molar-refractivity contribution >= 4 is 29.0 Å². The molecule has 184 valence electrons. The number of hydrogen-bond acceptors (Lipinski definition) is 5. The molecule has 2 aromatic carbocycles. The quantitative estimate of drug-likeness (QED) is 0.417. The van der Waals surface area contributed by atoms with E-state index < -0.39 is 0 Å². The van der Waals surface area contributed by atoms with E-state index in [9.17, 15) is 14.9 Å². The molecule has 5 aliphatic rings. The van der Waals surface area contributed by atoms with Gasteiger partial charge in [-0.15, -0.1) is 0 Å². The lowest BCUT2D eigenvalue weighted by atomic mass is 9.48. The normalized spacial score (nSPS) is 29.7. The van der Waals surface area contributed by atoms with Crippen molar-refractivity contribution in [2.75, 3.05) is 6.61 Å². The number of rotatable bonds is 6. The molecule has 36 heavy (non-hydrogen) atoms. The third-order valence-electron chi connectivity index (χ3n) is 8.59. The smallest absolute Gasteiger partial charge is 0.293 e. The van der Waals surface area contributed by atoms with Crippen molar-refractivity contribution in [3.8, 4) is 11.8 Å². The van der Waals surface area contributed by atoms with Crippen molar-refractivity contribution in [3.05, 3.63) is 69.6 Å². The van der Waals surface area contributed by atoms with Crippen LogP contribution < -0.4 is 4.74 Å². The zero-order valence-electron chi connectivity index (χ0n) is 20.5. The van der Waals surface area contributed by atoms with Crippen molar-refractivity contribution in [1.29, 1.82) is 5.26 Å². The molecule has 0 unspecified atom stereocenters. The number of hydrogen-bond donors (Lipinski definition) is 0. The SMILES string of the molecule is CCOc1ccc(C23CC4CC(CC(C4)C2)C3)cc1/C=C1/SC(=O)N(Cc2ccccc2C#N)C1=O. The standard InChI is InChI=1S/C30H30N2O3S/c1-2-35-26-8-7-25(30-14-19-9-20(15-30)11-21(10-19)16-30)12-24(26)13-27-28(33)32(29(34)36-27)18-23-6-4-3-5-22(23)17-31/h3-8,12-13,19-21H,2,9-11,14-16,18H2,1H3/b27-13+. The summed E-state index contributed by atoms with van der Waals surface area (Å²) in [6.07, 6.45) is 9.81. The number of benzene rings is 2. The Morgan fingerprint density at radius 1 is 1.08 bits per heavy atom. The molecule has 0 radical (unpaired) electrons. The van der Waals surface area contributed by atoms with E-state index in [1.54, 1.807) is 18.2 Å². The van der Waals surface area contributed by atoms with Crippen molar-refractivity contribution in [2.24, 2.45) is 17.8 Å². The van der Waals surface area contributed by atoms with Gasteiger partial charge in [0.1, 0.15) is 5.75 Å². The van der Waals surface area contributed by atoms with Crippen LogP contribution in [0.4, 0.5) is 4.79 Å². The van der Waals surface area contributed by atoms with Gasteiger partial charge in [0.2, 0.25) is 0 Å². The highest BCUT2D eigenvalue weighted by Crippen LogP contribution is 2.61. The molecule has 0 aromatic heterocycles. The second kappa shape index (κ2) is 9.12. The van der Waals surface area contributed by atoms with Crippen LogP contribution in [-0.2, 0) is 16.8 Å². The molecule has 6 heteroatoms. The van der Waals surface area contributed by atoms with Crippen LogP contribution in [0.3, 0.4) is 0 Å². The Balaban J connectivity index is 1.32. The summed E-state index contributed by atoms with van der Waals surface area (Å²) in [5, 5.41) is 9.09. The lowest BCUT2D eigenvalue weighted by molar-refractivity contribution is -0.123. The molecule has 0 N–H and O–H groups in total. The molecule has 5 fully saturated rings. The molecule has 1 heterocycles. The summed E-state index contributed by atoms with van der Waals surface area (Å²) in [7, 11) is 0. The lowest BCUT2D eigenvalue weighted by Crippen LogP contribution is -2.48. The molecule has 4 saturated carbocycles. The molecule has 4 aliphatic carbocycles. The Morgan fingerprint density at radius 2 is 1.78 bits per heavy atom. The van der Waals surface area contributed by atoms with Crippen LogP contribution in [-0.4, -0.2) is 22.7 Å². The van der Waals surface area contributed by atoms with Gasteiger partial charge in [-0.25, -0.2) is 0 Å². The summed E-state index contributed by atoms with van der Waals surface area (Å²) in [6, 6.07) is 15.7. The molecular formula is C30H30N2O3S. The highest BCUT2D eigenvalue weighted by molar-refractivity contribution is 8.18. The van der Waals surface area contributed by atoms with Crippen LogP contribution >= 0.6 is 11.8 Å². The van der Waals surface area contributed by atoms with Gasteiger partial charge in [-0.1, -0.05) is 24.3 Å². The maximum atomic E-state index is 13.3. The Hall–Kier alpha value is -3.04. The summed E-state index contributed by atoms with van der Waals surface area (Å²) >= 11 is 0.962. The number of nitriles is 1. The van der Waals surface area contributed by atoms with E-state index in [0.717, 1.165) is 40.8 Å². The second-order valence-electron chi connectivity index (χ2n) is 10.9. The average molecular weight is 499 g/mol. The van der Waals surface area contributed by atoms with E-state index in [4.69, 9.17) is 4.74 Å². The molecule has 0 atom stereocenters. The molecule has 2 aromatic rings. The van der Waals surface area contributed by atoms with E-state index in [1.165, 1.54) is 49.0 Å². The van der Waals surface area contributed by atoms with E-state index in [2.05, 4.69) is 24.3 Å². The number of nitrogens with zero attached hydrogens (tertiary/aromatic N) is 2. The molecular weight excluding hydrogens is 468 g/mol. The van der Waals surface area contributed by atoms with E-state index in [1.807, 2.05) is 19.1 Å². The third-order valence-corrected chi connectivity index (χ3v) is 9.49. The summed E-state index contributed by atoms with van der Waals surface area (Å²) in [5.41, 5.74) is 3.61. The Morgan fingerprint density at radius 3 is 2.44 bits per heavy atom. The Labute approximate surface area is 216 Å². The fourth-order valence-corrected chi connectivity index (χ4v) is 8.29. The third kappa shape index (κ3) is 4.04. The largest absolute Gasteiger partial charge is 0.493 e.